The largest absolute Gasteiger partial charge is 0.318 e. The van der Waals surface area contributed by atoms with Crippen molar-refractivity contribution in [3.05, 3.63) is 0 Å². The maximum absolute atomic E-state index is 12.1. The van der Waals surface area contributed by atoms with Gasteiger partial charge in [-0.05, 0) is 7.05 Å². The van der Waals surface area contributed by atoms with Crippen LogP contribution in [0.4, 0.5) is 8.78 Å². The highest BCUT2D eigenvalue weighted by molar-refractivity contribution is 4.61. The van der Waals surface area contributed by atoms with Gasteiger partial charge in [0.2, 0.25) is 0 Å². The first-order valence-corrected chi connectivity index (χ1v) is 3.29. The Hall–Kier alpha value is -0.220. The molecule has 0 fully saturated rings. The van der Waals surface area contributed by atoms with Crippen LogP contribution in [-0.4, -0.2) is 32.6 Å². The van der Waals surface area contributed by atoms with E-state index in [4.69, 9.17) is 0 Å². The molecule has 0 amide bonds. The maximum atomic E-state index is 12.1. The van der Waals surface area contributed by atoms with Crippen molar-refractivity contribution in [3.8, 4) is 0 Å². The molecule has 0 atom stereocenters. The number of hydrogen-bond donors (Lipinski definition) is 2. The number of nitrogens with one attached hydrogen (secondary N) is 2. The van der Waals surface area contributed by atoms with E-state index in [1.807, 2.05) is 0 Å². The molecular weight excluding hydrogens is 138 g/mol. The summed E-state index contributed by atoms with van der Waals surface area (Å²) in [7, 11) is 1.78. The maximum Gasteiger partial charge on any atom is 0.257 e. The Kier molecular flexibility index (Phi) is 4.47. The lowest BCUT2D eigenvalue weighted by molar-refractivity contribution is 0.0230. The van der Waals surface area contributed by atoms with Gasteiger partial charge in [0.1, 0.15) is 0 Å². The van der Waals surface area contributed by atoms with Crippen LogP contribution in [0.25, 0.3) is 0 Å². The lowest BCUT2D eigenvalue weighted by atomic mass is 10.4. The third kappa shape index (κ3) is 7.78. The molecule has 0 aromatic carbocycles. The monoisotopic (exact) mass is 152 g/mol. The van der Waals surface area contributed by atoms with Gasteiger partial charge in [-0.2, -0.15) is 0 Å². The first-order chi connectivity index (χ1) is 4.56. The highest BCUT2D eigenvalue weighted by Gasteiger charge is 2.19. The predicted octanol–water partition coefficient (Wildman–Crippen LogP) is 0.451. The predicted molar refractivity (Wildman–Crippen MR) is 37.4 cm³/mol. The van der Waals surface area contributed by atoms with Gasteiger partial charge in [-0.15, -0.1) is 0 Å². The third-order valence-electron chi connectivity index (χ3n) is 0.987. The summed E-state index contributed by atoms with van der Waals surface area (Å²) in [5.74, 6) is -2.59. The molecule has 2 nitrogen and oxygen atoms in total. The number of hydrogen-bond acceptors (Lipinski definition) is 2. The minimum absolute atomic E-state index is 0.241. The average Bonchev–Trinajstić information content (AvgIpc) is 1.78. The molecule has 0 aromatic rings. The van der Waals surface area contributed by atoms with Crippen molar-refractivity contribution in [3.63, 3.8) is 0 Å². The van der Waals surface area contributed by atoms with Crippen LogP contribution in [0, 0.1) is 0 Å². The Morgan fingerprint density at radius 2 is 1.90 bits per heavy atom. The highest BCUT2D eigenvalue weighted by atomic mass is 19.3. The van der Waals surface area contributed by atoms with Crippen LogP contribution in [-0.2, 0) is 0 Å². The first-order valence-electron chi connectivity index (χ1n) is 3.29. The molecule has 2 N–H and O–H groups in total. The fraction of sp³-hybridized carbons (Fsp3) is 1.00. The van der Waals surface area contributed by atoms with E-state index in [0.717, 1.165) is 13.5 Å². The van der Waals surface area contributed by atoms with Gasteiger partial charge in [-0.25, -0.2) is 8.78 Å². The second-order valence-corrected chi connectivity index (χ2v) is 2.35. The smallest absolute Gasteiger partial charge is 0.257 e. The van der Waals surface area contributed by atoms with E-state index >= 15 is 0 Å². The summed E-state index contributed by atoms with van der Waals surface area (Å²) in [5, 5.41) is 5.46. The Labute approximate surface area is 60.0 Å². The van der Waals surface area contributed by atoms with Crippen LogP contribution in [0.3, 0.4) is 0 Å². The van der Waals surface area contributed by atoms with Gasteiger partial charge < -0.3 is 10.6 Å². The summed E-state index contributed by atoms with van der Waals surface area (Å²) in [4.78, 5) is 0. The summed E-state index contributed by atoms with van der Waals surface area (Å²) in [6, 6.07) is 0. The molecule has 0 aliphatic carbocycles. The zero-order valence-electron chi connectivity index (χ0n) is 6.38. The van der Waals surface area contributed by atoms with Crippen LogP contribution in [0.5, 0.6) is 0 Å². The zero-order chi connectivity index (χ0) is 8.04. The number of rotatable bonds is 5. The second kappa shape index (κ2) is 4.57. The van der Waals surface area contributed by atoms with Crippen molar-refractivity contribution in [2.45, 2.75) is 12.8 Å². The fourth-order valence-electron chi connectivity index (χ4n) is 0.521. The van der Waals surface area contributed by atoms with E-state index in [9.17, 15) is 8.78 Å². The molecular formula is C6H14F2N2. The van der Waals surface area contributed by atoms with E-state index in [1.165, 1.54) is 0 Å². The van der Waals surface area contributed by atoms with Crippen LogP contribution < -0.4 is 10.6 Å². The van der Waals surface area contributed by atoms with Crippen LogP contribution in [0.15, 0.2) is 0 Å². The highest BCUT2D eigenvalue weighted by Crippen LogP contribution is 2.08. The number of alkyl halides is 2. The van der Waals surface area contributed by atoms with Crippen LogP contribution in [0.2, 0.25) is 0 Å². The number of halogens is 2. The molecule has 0 rings (SSSR count). The summed E-state index contributed by atoms with van der Waals surface area (Å²) >= 11 is 0. The zero-order valence-corrected chi connectivity index (χ0v) is 6.38. The van der Waals surface area contributed by atoms with E-state index in [0.29, 0.717) is 6.54 Å². The number of likely N-dealkylation sites (N-methyl/N-ethyl adjacent to an activating group) is 1. The molecule has 10 heavy (non-hydrogen) atoms. The molecule has 4 heteroatoms. The molecule has 0 heterocycles. The molecule has 0 aliphatic rings. The van der Waals surface area contributed by atoms with Crippen molar-refractivity contribution in [1.29, 1.82) is 0 Å². The van der Waals surface area contributed by atoms with E-state index in [-0.39, 0.29) is 6.54 Å². The van der Waals surface area contributed by atoms with Gasteiger partial charge in [0, 0.05) is 20.0 Å². The minimum Gasteiger partial charge on any atom is -0.318 e. The Morgan fingerprint density at radius 1 is 1.30 bits per heavy atom. The normalized spacial score (nSPS) is 12.0. The van der Waals surface area contributed by atoms with Gasteiger partial charge in [0.25, 0.3) is 5.92 Å². The molecule has 62 valence electrons. The lowest BCUT2D eigenvalue weighted by Crippen LogP contribution is -2.33. The van der Waals surface area contributed by atoms with Gasteiger partial charge in [-0.1, -0.05) is 0 Å². The second-order valence-electron chi connectivity index (χ2n) is 2.35. The molecule has 0 aliphatic heterocycles. The molecule has 0 radical (unpaired) electrons. The summed E-state index contributed by atoms with van der Waals surface area (Å²) in [5.41, 5.74) is 0. The minimum atomic E-state index is -2.59. The van der Waals surface area contributed by atoms with Gasteiger partial charge in [-0.3, -0.25) is 0 Å². The molecule has 0 bridgehead atoms. The Morgan fingerprint density at radius 3 is 2.30 bits per heavy atom. The topological polar surface area (TPSA) is 24.1 Å². The van der Waals surface area contributed by atoms with Crippen molar-refractivity contribution < 1.29 is 8.78 Å². The summed E-state index contributed by atoms with van der Waals surface area (Å²) in [6.07, 6.45) is 0. The standard InChI is InChI=1S/C6H14F2N2/c1-6(7,8)5-10-4-3-9-2/h9-10H,3-5H2,1-2H3. The summed E-state index contributed by atoms with van der Waals surface area (Å²) in [6.45, 7) is 1.96. The molecule has 0 aromatic heterocycles. The molecule has 0 spiro atoms. The van der Waals surface area contributed by atoms with Gasteiger partial charge >= 0.3 is 0 Å². The van der Waals surface area contributed by atoms with Crippen molar-refractivity contribution in [2.75, 3.05) is 26.7 Å². The first kappa shape index (κ1) is 9.78. The quantitative estimate of drug-likeness (QED) is 0.559. The van der Waals surface area contributed by atoms with Crippen LogP contribution in [0.1, 0.15) is 6.92 Å². The third-order valence-corrected chi connectivity index (χ3v) is 0.987. The SMILES string of the molecule is CNCCNCC(C)(F)F. The van der Waals surface area contributed by atoms with Gasteiger partial charge in [0.05, 0.1) is 6.54 Å². The van der Waals surface area contributed by atoms with Gasteiger partial charge in [0.15, 0.2) is 0 Å². The summed E-state index contributed by atoms with van der Waals surface area (Å²) < 4.78 is 24.1. The van der Waals surface area contributed by atoms with E-state index in [2.05, 4.69) is 10.6 Å². The van der Waals surface area contributed by atoms with Crippen molar-refractivity contribution in [2.24, 2.45) is 0 Å². The molecule has 0 saturated carbocycles. The van der Waals surface area contributed by atoms with E-state index < -0.39 is 5.92 Å². The Bertz CT molecular complexity index is 80.3. The molecule has 0 unspecified atom stereocenters. The average molecular weight is 152 g/mol. The fourth-order valence-corrected chi connectivity index (χ4v) is 0.521. The van der Waals surface area contributed by atoms with Crippen molar-refractivity contribution in [1.82, 2.24) is 10.6 Å². The lowest BCUT2D eigenvalue weighted by Gasteiger charge is -2.10. The Balaban J connectivity index is 3.04. The van der Waals surface area contributed by atoms with E-state index in [1.54, 1.807) is 7.05 Å². The molecule has 0 saturated heterocycles. The van der Waals surface area contributed by atoms with Crippen LogP contribution >= 0.6 is 0 Å². The van der Waals surface area contributed by atoms with Crippen molar-refractivity contribution >= 4 is 0 Å².